The van der Waals surface area contributed by atoms with Crippen LogP contribution in [0.2, 0.25) is 0 Å². The van der Waals surface area contributed by atoms with Gasteiger partial charge in [-0.15, -0.1) is 0 Å². The van der Waals surface area contributed by atoms with Crippen molar-refractivity contribution < 1.29 is 18.7 Å². The molecule has 3 aromatic rings. The molecule has 6 heteroatoms. The minimum Gasteiger partial charge on any atom is -0.497 e. The van der Waals surface area contributed by atoms with Gasteiger partial charge in [0.15, 0.2) is 0 Å². The largest absolute Gasteiger partial charge is 0.497 e. The molecule has 2 atom stereocenters. The van der Waals surface area contributed by atoms with Gasteiger partial charge in [-0.05, 0) is 48.0 Å². The minimum absolute atomic E-state index is 0.123. The van der Waals surface area contributed by atoms with Crippen molar-refractivity contribution in [2.24, 2.45) is 5.10 Å². The van der Waals surface area contributed by atoms with E-state index >= 15 is 0 Å². The van der Waals surface area contributed by atoms with E-state index in [2.05, 4.69) is 0 Å². The third kappa shape index (κ3) is 3.10. The molecule has 2 aliphatic heterocycles. The van der Waals surface area contributed by atoms with Crippen molar-refractivity contribution in [3.8, 4) is 11.5 Å². The normalized spacial score (nSPS) is 19.4. The maximum Gasteiger partial charge on any atom is 0.251 e. The van der Waals surface area contributed by atoms with Gasteiger partial charge >= 0.3 is 0 Å². The summed E-state index contributed by atoms with van der Waals surface area (Å²) in [6, 6.07) is 20.8. The van der Waals surface area contributed by atoms with E-state index in [9.17, 15) is 9.18 Å². The summed E-state index contributed by atoms with van der Waals surface area (Å²) in [5.41, 5.74) is 3.13. The predicted molar refractivity (Wildman–Crippen MR) is 110 cm³/mol. The summed E-state index contributed by atoms with van der Waals surface area (Å²) in [6.07, 6.45) is -0.269. The molecule has 0 aliphatic carbocycles. The van der Waals surface area contributed by atoms with Crippen molar-refractivity contribution in [2.45, 2.75) is 18.7 Å². The van der Waals surface area contributed by atoms with Crippen molar-refractivity contribution in [3.63, 3.8) is 0 Å². The van der Waals surface area contributed by atoms with Gasteiger partial charge in [-0.2, -0.15) is 5.10 Å². The molecule has 0 aromatic heterocycles. The van der Waals surface area contributed by atoms with E-state index < -0.39 is 6.23 Å². The Hall–Kier alpha value is -3.67. The molecule has 30 heavy (non-hydrogen) atoms. The Kier molecular flexibility index (Phi) is 4.47. The lowest BCUT2D eigenvalue weighted by Crippen LogP contribution is -2.45. The van der Waals surface area contributed by atoms with E-state index in [4.69, 9.17) is 14.6 Å². The van der Waals surface area contributed by atoms with Crippen LogP contribution >= 0.6 is 0 Å². The molecule has 0 saturated carbocycles. The van der Waals surface area contributed by atoms with Crippen LogP contribution in [0.1, 0.15) is 33.9 Å². The smallest absolute Gasteiger partial charge is 0.251 e. The summed E-state index contributed by atoms with van der Waals surface area (Å²) in [4.78, 5) is 13.3. The quantitative estimate of drug-likeness (QED) is 0.599. The molecule has 5 nitrogen and oxygen atoms in total. The van der Waals surface area contributed by atoms with Gasteiger partial charge in [-0.3, -0.25) is 4.79 Å². The number of carbonyl (C=O) groups excluding carboxylic acids is 1. The van der Waals surface area contributed by atoms with Crippen LogP contribution in [-0.2, 0) is 0 Å². The van der Waals surface area contributed by atoms with E-state index in [-0.39, 0.29) is 17.6 Å². The second-order valence-corrected chi connectivity index (χ2v) is 7.25. The summed E-state index contributed by atoms with van der Waals surface area (Å²) >= 11 is 0. The summed E-state index contributed by atoms with van der Waals surface area (Å²) < 4.78 is 24.6. The number of hydrazone groups is 1. The molecule has 0 bridgehead atoms. The van der Waals surface area contributed by atoms with Crippen LogP contribution in [0.3, 0.4) is 0 Å². The number of hydrogen-bond acceptors (Lipinski definition) is 5. The number of fused-ring (bicyclic) bond motifs is 3. The standard InChI is InChI=1S/C24H19FN2O3/c1-29-18-12-8-16(9-13-18)23(28)24-27-21(19-4-2-3-5-22(19)30-24)14-20(26-27)15-6-10-17(25)11-7-15/h2-13,21,24H,14H2,1H3. The summed E-state index contributed by atoms with van der Waals surface area (Å²) in [7, 11) is 1.58. The maximum atomic E-state index is 13.4. The predicted octanol–water partition coefficient (Wildman–Crippen LogP) is 4.59. The van der Waals surface area contributed by atoms with Crippen molar-refractivity contribution in [3.05, 3.63) is 95.3 Å². The number of Topliss-reactive ketones (excluding diaryl/α,β-unsaturated/α-hetero) is 1. The third-order valence-corrected chi connectivity index (χ3v) is 5.48. The Morgan fingerprint density at radius 3 is 2.53 bits per heavy atom. The average molecular weight is 402 g/mol. The maximum absolute atomic E-state index is 13.4. The Balaban J connectivity index is 1.53. The number of ether oxygens (including phenoxy) is 2. The molecule has 3 aromatic carbocycles. The molecule has 0 saturated heterocycles. The first kappa shape index (κ1) is 18.4. The van der Waals surface area contributed by atoms with Crippen LogP contribution in [0.4, 0.5) is 4.39 Å². The molecule has 150 valence electrons. The molecule has 0 radical (unpaired) electrons. The molecule has 0 spiro atoms. The molecule has 0 amide bonds. The number of carbonyl (C=O) groups is 1. The van der Waals surface area contributed by atoms with Gasteiger partial charge in [-0.1, -0.05) is 30.3 Å². The van der Waals surface area contributed by atoms with Crippen LogP contribution in [-0.4, -0.2) is 29.8 Å². The Bertz CT molecular complexity index is 1130. The van der Waals surface area contributed by atoms with Gasteiger partial charge in [0.1, 0.15) is 17.3 Å². The zero-order valence-electron chi connectivity index (χ0n) is 16.3. The average Bonchev–Trinajstić information content (AvgIpc) is 3.24. The Morgan fingerprint density at radius 2 is 1.80 bits per heavy atom. The number of ketones is 1. The van der Waals surface area contributed by atoms with Gasteiger partial charge in [0.2, 0.25) is 5.78 Å². The SMILES string of the molecule is COc1ccc(C(=O)C2Oc3ccccc3C3CC(c4ccc(F)cc4)=NN23)cc1. The fourth-order valence-electron chi connectivity index (χ4n) is 3.92. The van der Waals surface area contributed by atoms with E-state index in [1.807, 2.05) is 24.3 Å². The Labute approximate surface area is 173 Å². The van der Waals surface area contributed by atoms with Crippen molar-refractivity contribution >= 4 is 11.5 Å². The number of rotatable bonds is 4. The lowest BCUT2D eigenvalue weighted by molar-refractivity contribution is -0.00455. The first-order valence-electron chi connectivity index (χ1n) is 9.69. The fourth-order valence-corrected chi connectivity index (χ4v) is 3.92. The second kappa shape index (κ2) is 7.30. The van der Waals surface area contributed by atoms with E-state index in [0.717, 1.165) is 16.8 Å². The molecule has 0 N–H and O–H groups in total. The van der Waals surface area contributed by atoms with Crippen LogP contribution < -0.4 is 9.47 Å². The minimum atomic E-state index is -0.878. The lowest BCUT2D eigenvalue weighted by Gasteiger charge is -2.37. The highest BCUT2D eigenvalue weighted by atomic mass is 19.1. The third-order valence-electron chi connectivity index (χ3n) is 5.48. The highest BCUT2D eigenvalue weighted by Crippen LogP contribution is 2.43. The molecule has 2 aliphatic rings. The number of hydrogen-bond donors (Lipinski definition) is 0. The van der Waals surface area contributed by atoms with E-state index in [1.165, 1.54) is 12.1 Å². The monoisotopic (exact) mass is 402 g/mol. The van der Waals surface area contributed by atoms with Crippen molar-refractivity contribution in [1.82, 2.24) is 5.01 Å². The first-order chi connectivity index (χ1) is 14.6. The topological polar surface area (TPSA) is 51.1 Å². The molecule has 2 heterocycles. The summed E-state index contributed by atoms with van der Waals surface area (Å²) in [6.45, 7) is 0. The highest BCUT2D eigenvalue weighted by molar-refractivity contribution is 6.03. The number of para-hydroxylation sites is 1. The van der Waals surface area contributed by atoms with Crippen molar-refractivity contribution in [2.75, 3.05) is 7.11 Å². The molecule has 0 fully saturated rings. The molecular weight excluding hydrogens is 383 g/mol. The molecule has 2 unspecified atom stereocenters. The van der Waals surface area contributed by atoms with Gasteiger partial charge in [0, 0.05) is 17.5 Å². The number of methoxy groups -OCH3 is 1. The first-order valence-corrected chi connectivity index (χ1v) is 9.69. The Morgan fingerprint density at radius 1 is 1.07 bits per heavy atom. The molecular formula is C24H19FN2O3. The lowest BCUT2D eigenvalue weighted by atomic mass is 9.96. The summed E-state index contributed by atoms with van der Waals surface area (Å²) in [5.74, 6) is 0.885. The van der Waals surface area contributed by atoms with Gasteiger partial charge in [-0.25, -0.2) is 9.40 Å². The molecule has 5 rings (SSSR count). The van der Waals surface area contributed by atoms with Gasteiger partial charge < -0.3 is 9.47 Å². The van der Waals surface area contributed by atoms with Gasteiger partial charge in [0.25, 0.3) is 6.23 Å². The van der Waals surface area contributed by atoms with Crippen LogP contribution in [0.15, 0.2) is 77.9 Å². The van der Waals surface area contributed by atoms with Crippen molar-refractivity contribution in [1.29, 1.82) is 0 Å². The second-order valence-electron chi connectivity index (χ2n) is 7.25. The number of benzene rings is 3. The van der Waals surface area contributed by atoms with E-state index in [0.29, 0.717) is 23.5 Å². The highest BCUT2D eigenvalue weighted by Gasteiger charge is 2.43. The number of halogens is 1. The zero-order valence-corrected chi connectivity index (χ0v) is 16.3. The van der Waals surface area contributed by atoms with Crippen LogP contribution in [0, 0.1) is 5.82 Å². The van der Waals surface area contributed by atoms with Crippen LogP contribution in [0.25, 0.3) is 0 Å². The number of nitrogens with zero attached hydrogens (tertiary/aromatic N) is 2. The zero-order chi connectivity index (χ0) is 20.7. The fraction of sp³-hybridized carbons (Fsp3) is 0.167. The van der Waals surface area contributed by atoms with E-state index in [1.54, 1.807) is 48.5 Å². The van der Waals surface area contributed by atoms with Gasteiger partial charge in [0.05, 0.1) is 18.9 Å². The summed E-state index contributed by atoms with van der Waals surface area (Å²) in [5, 5.41) is 6.46. The van der Waals surface area contributed by atoms with Crippen LogP contribution in [0.5, 0.6) is 11.5 Å².